The van der Waals surface area contributed by atoms with Gasteiger partial charge in [0.15, 0.2) is 0 Å². The van der Waals surface area contributed by atoms with Gasteiger partial charge in [-0.05, 0) is 37.0 Å². The summed E-state index contributed by atoms with van der Waals surface area (Å²) in [5.41, 5.74) is 1.86. The lowest BCUT2D eigenvalue weighted by Crippen LogP contribution is -2.16. The number of aryl methyl sites for hydroxylation is 1. The van der Waals surface area contributed by atoms with Gasteiger partial charge in [-0.3, -0.25) is 10.1 Å². The molecule has 1 aromatic carbocycles. The van der Waals surface area contributed by atoms with Crippen LogP contribution in [0.25, 0.3) is 0 Å². The van der Waals surface area contributed by atoms with Crippen molar-refractivity contribution in [2.75, 3.05) is 5.32 Å². The highest BCUT2D eigenvalue weighted by atomic mass is 35.5. The highest BCUT2D eigenvalue weighted by molar-refractivity contribution is 7.16. The van der Waals surface area contributed by atoms with Gasteiger partial charge in [0, 0.05) is 10.9 Å². The van der Waals surface area contributed by atoms with Crippen molar-refractivity contribution < 1.29 is 4.92 Å². The number of benzene rings is 1. The average molecular weight is 309 g/mol. The monoisotopic (exact) mass is 308 g/mol. The van der Waals surface area contributed by atoms with E-state index in [0.29, 0.717) is 5.69 Å². The second kappa shape index (κ2) is 5.42. The van der Waals surface area contributed by atoms with Gasteiger partial charge in [0.25, 0.3) is 5.69 Å². The van der Waals surface area contributed by atoms with Crippen molar-refractivity contribution in [2.45, 2.75) is 25.3 Å². The Labute approximate surface area is 125 Å². The maximum absolute atomic E-state index is 11.1. The summed E-state index contributed by atoms with van der Waals surface area (Å²) < 4.78 is 0.784. The van der Waals surface area contributed by atoms with Gasteiger partial charge in [-0.2, -0.15) is 0 Å². The van der Waals surface area contributed by atoms with E-state index in [-0.39, 0.29) is 16.7 Å². The number of anilines is 1. The fourth-order valence-electron chi connectivity index (χ4n) is 2.61. The molecule has 0 spiro atoms. The van der Waals surface area contributed by atoms with Crippen LogP contribution >= 0.6 is 22.9 Å². The summed E-state index contributed by atoms with van der Waals surface area (Å²) >= 11 is 7.69. The molecular formula is C14H13ClN2O2S. The van der Waals surface area contributed by atoms with E-state index in [9.17, 15) is 10.1 Å². The van der Waals surface area contributed by atoms with Crippen LogP contribution in [0, 0.1) is 10.1 Å². The van der Waals surface area contributed by atoms with Crippen LogP contribution in [0.15, 0.2) is 30.3 Å². The van der Waals surface area contributed by atoms with Crippen molar-refractivity contribution in [2.24, 2.45) is 0 Å². The largest absolute Gasteiger partial charge is 0.373 e. The van der Waals surface area contributed by atoms with Gasteiger partial charge < -0.3 is 5.32 Å². The molecule has 1 atom stereocenters. The number of nitro groups is 1. The van der Waals surface area contributed by atoms with Crippen molar-refractivity contribution in [1.29, 1.82) is 0 Å². The number of fused-ring (bicyclic) bond motifs is 1. The molecule has 3 rings (SSSR count). The molecule has 4 nitrogen and oxygen atoms in total. The van der Waals surface area contributed by atoms with Gasteiger partial charge in [0.05, 0.1) is 15.3 Å². The van der Waals surface area contributed by atoms with Crippen LogP contribution in [-0.4, -0.2) is 4.92 Å². The quantitative estimate of drug-likeness (QED) is 0.654. The lowest BCUT2D eigenvalue weighted by Gasteiger charge is -2.24. The SMILES string of the molecule is O=[N+]([O-])c1ccccc1NC1CCCc2sc(Cl)cc21. The zero-order valence-electron chi connectivity index (χ0n) is 10.6. The van der Waals surface area contributed by atoms with Gasteiger partial charge in [0.2, 0.25) is 0 Å². The Kier molecular flexibility index (Phi) is 3.63. The van der Waals surface area contributed by atoms with Crippen LogP contribution in [-0.2, 0) is 6.42 Å². The first-order valence-corrected chi connectivity index (χ1v) is 7.62. The number of para-hydroxylation sites is 2. The Morgan fingerprint density at radius 2 is 2.20 bits per heavy atom. The number of hydrogen-bond donors (Lipinski definition) is 1. The van der Waals surface area contributed by atoms with Crippen molar-refractivity contribution in [3.05, 3.63) is 55.2 Å². The first-order valence-electron chi connectivity index (χ1n) is 6.43. The maximum atomic E-state index is 11.1. The predicted molar refractivity (Wildman–Crippen MR) is 81.7 cm³/mol. The Morgan fingerprint density at radius 1 is 1.40 bits per heavy atom. The Hall–Kier alpha value is -1.59. The third-order valence-corrected chi connectivity index (χ3v) is 4.85. The minimum atomic E-state index is -0.354. The summed E-state index contributed by atoms with van der Waals surface area (Å²) in [5, 5.41) is 14.4. The molecule has 0 saturated heterocycles. The van der Waals surface area contributed by atoms with E-state index < -0.39 is 0 Å². The van der Waals surface area contributed by atoms with Crippen LogP contribution in [0.3, 0.4) is 0 Å². The predicted octanol–water partition coefficient (Wildman–Crippen LogP) is 4.80. The third-order valence-electron chi connectivity index (χ3n) is 3.51. The molecule has 6 heteroatoms. The molecule has 20 heavy (non-hydrogen) atoms. The van der Waals surface area contributed by atoms with Crippen LogP contribution in [0.2, 0.25) is 4.34 Å². The lowest BCUT2D eigenvalue weighted by molar-refractivity contribution is -0.384. The summed E-state index contributed by atoms with van der Waals surface area (Å²) in [6.45, 7) is 0. The van der Waals surface area contributed by atoms with Gasteiger partial charge in [-0.15, -0.1) is 11.3 Å². The fourth-order valence-corrected chi connectivity index (χ4v) is 4.00. The van der Waals surface area contributed by atoms with Crippen LogP contribution in [0.5, 0.6) is 0 Å². The average Bonchev–Trinajstić information content (AvgIpc) is 2.80. The third kappa shape index (κ3) is 2.51. The van der Waals surface area contributed by atoms with Gasteiger partial charge in [-0.1, -0.05) is 23.7 Å². The van der Waals surface area contributed by atoms with Crippen LogP contribution < -0.4 is 5.32 Å². The second-order valence-electron chi connectivity index (χ2n) is 4.79. The van der Waals surface area contributed by atoms with E-state index in [2.05, 4.69) is 5.32 Å². The Balaban J connectivity index is 1.91. The molecule has 1 heterocycles. The minimum Gasteiger partial charge on any atom is -0.373 e. The normalized spacial score (nSPS) is 17.6. The highest BCUT2D eigenvalue weighted by Crippen LogP contribution is 2.40. The molecule has 1 aliphatic rings. The second-order valence-corrected chi connectivity index (χ2v) is 6.56. The van der Waals surface area contributed by atoms with E-state index >= 15 is 0 Å². The Morgan fingerprint density at radius 3 is 3.00 bits per heavy atom. The number of nitrogens with one attached hydrogen (secondary N) is 1. The minimum absolute atomic E-state index is 0.101. The zero-order chi connectivity index (χ0) is 14.1. The van der Waals surface area contributed by atoms with Gasteiger partial charge in [0.1, 0.15) is 5.69 Å². The molecule has 2 aromatic rings. The number of halogens is 1. The van der Waals surface area contributed by atoms with Crippen LogP contribution in [0.1, 0.15) is 29.3 Å². The summed E-state index contributed by atoms with van der Waals surface area (Å²) in [6, 6.07) is 8.83. The summed E-state index contributed by atoms with van der Waals surface area (Å²) in [7, 11) is 0. The van der Waals surface area contributed by atoms with E-state index in [1.807, 2.05) is 6.07 Å². The Bertz CT molecular complexity index is 656. The molecule has 0 fully saturated rings. The van der Waals surface area contributed by atoms with Crippen molar-refractivity contribution in [3.8, 4) is 0 Å². The zero-order valence-corrected chi connectivity index (χ0v) is 12.2. The van der Waals surface area contributed by atoms with E-state index in [0.717, 1.165) is 23.6 Å². The molecule has 0 radical (unpaired) electrons. The van der Waals surface area contributed by atoms with Gasteiger partial charge in [-0.25, -0.2) is 0 Å². The first kappa shape index (κ1) is 13.4. The number of hydrogen-bond acceptors (Lipinski definition) is 4. The van der Waals surface area contributed by atoms with E-state index in [4.69, 9.17) is 11.6 Å². The maximum Gasteiger partial charge on any atom is 0.292 e. The molecule has 1 N–H and O–H groups in total. The van der Waals surface area contributed by atoms with E-state index in [1.54, 1.807) is 29.5 Å². The molecule has 0 saturated carbocycles. The molecule has 0 amide bonds. The number of nitro benzene ring substituents is 1. The molecular weight excluding hydrogens is 296 g/mol. The van der Waals surface area contributed by atoms with Crippen molar-refractivity contribution in [1.82, 2.24) is 0 Å². The molecule has 1 aliphatic carbocycles. The molecule has 0 aliphatic heterocycles. The number of thiophene rings is 1. The molecule has 1 aromatic heterocycles. The lowest BCUT2D eigenvalue weighted by atomic mass is 9.94. The number of rotatable bonds is 3. The number of nitrogens with zero attached hydrogens (tertiary/aromatic N) is 1. The standard InChI is InChI=1S/C14H13ClN2O2S/c15-14-8-9-10(5-3-7-13(9)20-14)16-11-4-1-2-6-12(11)17(18)19/h1-2,4,6,8,10,16H,3,5,7H2. The van der Waals surface area contributed by atoms with Crippen LogP contribution in [0.4, 0.5) is 11.4 Å². The summed E-state index contributed by atoms with van der Waals surface area (Å²) in [5.74, 6) is 0. The van der Waals surface area contributed by atoms with Gasteiger partial charge >= 0.3 is 0 Å². The first-order chi connectivity index (χ1) is 9.65. The smallest absolute Gasteiger partial charge is 0.292 e. The fraction of sp³-hybridized carbons (Fsp3) is 0.286. The summed E-state index contributed by atoms with van der Waals surface area (Å²) in [4.78, 5) is 12.0. The van der Waals surface area contributed by atoms with Crippen molar-refractivity contribution in [3.63, 3.8) is 0 Å². The molecule has 104 valence electrons. The van der Waals surface area contributed by atoms with E-state index in [1.165, 1.54) is 16.5 Å². The molecule has 1 unspecified atom stereocenters. The highest BCUT2D eigenvalue weighted by Gasteiger charge is 2.24. The summed E-state index contributed by atoms with van der Waals surface area (Å²) in [6.07, 6.45) is 3.08. The topological polar surface area (TPSA) is 55.2 Å². The van der Waals surface area contributed by atoms with Crippen molar-refractivity contribution >= 4 is 34.3 Å². The molecule has 0 bridgehead atoms.